The summed E-state index contributed by atoms with van der Waals surface area (Å²) in [5.41, 5.74) is 0.131. The van der Waals surface area contributed by atoms with Crippen LogP contribution >= 0.6 is 0 Å². The Kier molecular flexibility index (Phi) is 3.88. The van der Waals surface area contributed by atoms with Gasteiger partial charge in [0.1, 0.15) is 11.7 Å². The van der Waals surface area contributed by atoms with Crippen molar-refractivity contribution in [2.45, 2.75) is 83.8 Å². The fourth-order valence-corrected chi connectivity index (χ4v) is 3.36. The second-order valence-electron chi connectivity index (χ2n) is 6.99. The summed E-state index contributed by atoms with van der Waals surface area (Å²) < 4.78 is 10.6. The van der Waals surface area contributed by atoms with Crippen molar-refractivity contribution in [3.8, 4) is 0 Å². The third-order valence-corrected chi connectivity index (χ3v) is 4.31. The van der Waals surface area contributed by atoms with E-state index in [1.54, 1.807) is 0 Å². The maximum absolute atomic E-state index is 11.6. The zero-order chi connectivity index (χ0) is 13.2. The quantitative estimate of drug-likeness (QED) is 0.649. The Bertz CT molecular complexity index is 287. The van der Waals surface area contributed by atoms with E-state index in [1.165, 1.54) is 38.5 Å². The zero-order valence-corrected chi connectivity index (χ0v) is 12.0. The number of carbonyl (C=O) groups excluding carboxylic acids is 1. The first-order chi connectivity index (χ1) is 8.39. The lowest BCUT2D eigenvalue weighted by Crippen LogP contribution is -2.32. The Morgan fingerprint density at radius 2 is 1.61 bits per heavy atom. The Balaban J connectivity index is 1.75. The molecule has 0 aromatic carbocycles. The van der Waals surface area contributed by atoms with Crippen molar-refractivity contribution >= 4 is 6.16 Å². The third kappa shape index (κ3) is 3.63. The van der Waals surface area contributed by atoms with Crippen LogP contribution in [0.2, 0.25) is 0 Å². The van der Waals surface area contributed by atoms with Gasteiger partial charge in [0.15, 0.2) is 0 Å². The van der Waals surface area contributed by atoms with Gasteiger partial charge in [0.25, 0.3) is 0 Å². The summed E-state index contributed by atoms with van der Waals surface area (Å²) in [6.07, 6.45) is 9.58. The van der Waals surface area contributed by atoms with E-state index < -0.39 is 11.8 Å². The van der Waals surface area contributed by atoms with E-state index in [2.05, 4.69) is 0 Å². The first-order valence-corrected chi connectivity index (χ1v) is 7.28. The summed E-state index contributed by atoms with van der Waals surface area (Å²) in [5, 5.41) is 0. The van der Waals surface area contributed by atoms with Crippen LogP contribution in [0, 0.1) is 5.41 Å². The first kappa shape index (κ1) is 13.7. The molecule has 0 heterocycles. The molecule has 0 aliphatic heterocycles. The molecule has 0 bridgehead atoms. The number of hydrogen-bond donors (Lipinski definition) is 0. The minimum absolute atomic E-state index is 0.0751. The predicted octanol–water partition coefficient (Wildman–Crippen LogP) is 4.44. The van der Waals surface area contributed by atoms with Crippen LogP contribution in [0.15, 0.2) is 0 Å². The van der Waals surface area contributed by atoms with Crippen LogP contribution in [0.25, 0.3) is 0 Å². The number of rotatable bonds is 1. The Hall–Kier alpha value is -0.730. The maximum Gasteiger partial charge on any atom is 0.509 e. The first-order valence-electron chi connectivity index (χ1n) is 7.28. The van der Waals surface area contributed by atoms with Crippen molar-refractivity contribution in [2.24, 2.45) is 5.41 Å². The molecule has 3 heteroatoms. The molecule has 2 rings (SSSR count). The van der Waals surface area contributed by atoms with Crippen LogP contribution in [-0.2, 0) is 9.47 Å². The Labute approximate surface area is 110 Å². The zero-order valence-electron chi connectivity index (χ0n) is 12.0. The summed E-state index contributed by atoms with van der Waals surface area (Å²) in [6, 6.07) is 0. The smallest absolute Gasteiger partial charge is 0.431 e. The van der Waals surface area contributed by atoms with Gasteiger partial charge in [-0.2, -0.15) is 0 Å². The maximum atomic E-state index is 11.6. The van der Waals surface area contributed by atoms with Crippen molar-refractivity contribution in [1.29, 1.82) is 0 Å². The van der Waals surface area contributed by atoms with Gasteiger partial charge in [-0.15, -0.1) is 0 Å². The highest BCUT2D eigenvalue weighted by molar-refractivity contribution is 5.60. The largest absolute Gasteiger partial charge is 0.509 e. The Morgan fingerprint density at radius 3 is 2.11 bits per heavy atom. The van der Waals surface area contributed by atoms with Gasteiger partial charge < -0.3 is 9.47 Å². The molecule has 0 aromatic heterocycles. The molecule has 0 unspecified atom stereocenters. The molecule has 0 amide bonds. The molecular weight excluding hydrogens is 228 g/mol. The Morgan fingerprint density at radius 1 is 1.06 bits per heavy atom. The van der Waals surface area contributed by atoms with Crippen LogP contribution in [-0.4, -0.2) is 17.9 Å². The minimum Gasteiger partial charge on any atom is -0.431 e. The van der Waals surface area contributed by atoms with Crippen molar-refractivity contribution in [3.05, 3.63) is 0 Å². The average Bonchev–Trinajstić information content (AvgIpc) is 2.68. The van der Waals surface area contributed by atoms with Crippen LogP contribution in [0.1, 0.15) is 72.1 Å². The van der Waals surface area contributed by atoms with Gasteiger partial charge >= 0.3 is 6.16 Å². The van der Waals surface area contributed by atoms with Gasteiger partial charge in [-0.1, -0.05) is 12.8 Å². The van der Waals surface area contributed by atoms with E-state index in [1.807, 2.05) is 20.8 Å². The summed E-state index contributed by atoms with van der Waals surface area (Å²) in [6.45, 7) is 5.59. The molecule has 0 atom stereocenters. The molecule has 0 saturated heterocycles. The number of carbonyl (C=O) groups is 1. The molecule has 0 radical (unpaired) electrons. The SMILES string of the molecule is CC(C)(C)OC(=O)OC1CCC2(CCCC2)CC1. The van der Waals surface area contributed by atoms with Gasteiger partial charge in [0, 0.05) is 0 Å². The molecule has 3 nitrogen and oxygen atoms in total. The van der Waals surface area contributed by atoms with Gasteiger partial charge in [-0.05, 0) is 64.7 Å². The fourth-order valence-electron chi connectivity index (χ4n) is 3.36. The highest BCUT2D eigenvalue weighted by Crippen LogP contribution is 2.49. The monoisotopic (exact) mass is 254 g/mol. The van der Waals surface area contributed by atoms with E-state index in [0.29, 0.717) is 5.41 Å². The highest BCUT2D eigenvalue weighted by atomic mass is 16.7. The van der Waals surface area contributed by atoms with Crippen LogP contribution in [0.3, 0.4) is 0 Å². The summed E-state index contributed by atoms with van der Waals surface area (Å²) in [5.74, 6) is 0. The van der Waals surface area contributed by atoms with Crippen molar-refractivity contribution in [3.63, 3.8) is 0 Å². The molecule has 2 aliphatic carbocycles. The second-order valence-corrected chi connectivity index (χ2v) is 6.99. The van der Waals surface area contributed by atoms with E-state index in [-0.39, 0.29) is 6.10 Å². The highest BCUT2D eigenvalue weighted by Gasteiger charge is 2.38. The molecule has 2 aliphatic rings. The normalized spacial score (nSPS) is 24.2. The molecule has 0 N–H and O–H groups in total. The van der Waals surface area contributed by atoms with Gasteiger partial charge in [-0.3, -0.25) is 0 Å². The van der Waals surface area contributed by atoms with Crippen LogP contribution < -0.4 is 0 Å². The van der Waals surface area contributed by atoms with Gasteiger partial charge in [0.05, 0.1) is 0 Å². The van der Waals surface area contributed by atoms with Gasteiger partial charge in [-0.25, -0.2) is 4.79 Å². The van der Waals surface area contributed by atoms with Crippen LogP contribution in [0.4, 0.5) is 4.79 Å². The lowest BCUT2D eigenvalue weighted by molar-refractivity contribution is -0.0427. The lowest BCUT2D eigenvalue weighted by atomic mass is 9.72. The molecule has 18 heavy (non-hydrogen) atoms. The molecule has 1 spiro atoms. The minimum atomic E-state index is -0.505. The second kappa shape index (κ2) is 5.10. The summed E-state index contributed by atoms with van der Waals surface area (Å²) in [4.78, 5) is 11.6. The fraction of sp³-hybridized carbons (Fsp3) is 0.933. The van der Waals surface area contributed by atoms with E-state index in [0.717, 1.165) is 12.8 Å². The van der Waals surface area contributed by atoms with E-state index >= 15 is 0 Å². The van der Waals surface area contributed by atoms with Gasteiger partial charge in [0.2, 0.25) is 0 Å². The summed E-state index contributed by atoms with van der Waals surface area (Å²) >= 11 is 0. The van der Waals surface area contributed by atoms with Crippen LogP contribution in [0.5, 0.6) is 0 Å². The van der Waals surface area contributed by atoms with E-state index in [4.69, 9.17) is 9.47 Å². The lowest BCUT2D eigenvalue weighted by Gasteiger charge is -2.36. The summed E-state index contributed by atoms with van der Waals surface area (Å²) in [7, 11) is 0. The molecule has 2 fully saturated rings. The standard InChI is InChI=1S/C15H26O3/c1-14(2,3)18-13(16)17-12-6-10-15(11-7-12)8-4-5-9-15/h12H,4-11H2,1-3H3. The molecule has 104 valence electrons. The topological polar surface area (TPSA) is 35.5 Å². The average molecular weight is 254 g/mol. The molecule has 2 saturated carbocycles. The molecular formula is C15H26O3. The van der Waals surface area contributed by atoms with Crippen molar-refractivity contribution < 1.29 is 14.3 Å². The predicted molar refractivity (Wildman–Crippen MR) is 70.5 cm³/mol. The van der Waals surface area contributed by atoms with Crippen molar-refractivity contribution in [1.82, 2.24) is 0 Å². The van der Waals surface area contributed by atoms with Crippen molar-refractivity contribution in [2.75, 3.05) is 0 Å². The molecule has 0 aromatic rings. The number of ether oxygens (including phenoxy) is 2. The van der Waals surface area contributed by atoms with E-state index in [9.17, 15) is 4.79 Å². The third-order valence-electron chi connectivity index (χ3n) is 4.31. The number of hydrogen-bond acceptors (Lipinski definition) is 3.